The molecule has 0 bridgehead atoms. The molecule has 1 saturated heterocycles. The van der Waals surface area contributed by atoms with Crippen molar-refractivity contribution in [2.75, 3.05) is 0 Å². The summed E-state index contributed by atoms with van der Waals surface area (Å²) >= 11 is 17.6. The molecule has 0 radical (unpaired) electrons. The first-order chi connectivity index (χ1) is 6.96. The van der Waals surface area contributed by atoms with Crippen LogP contribution in [0.1, 0.15) is 25.0 Å². The largest absolute Gasteiger partial charge is 0.364 e. The van der Waals surface area contributed by atoms with Crippen molar-refractivity contribution >= 4 is 34.8 Å². The molecule has 1 fully saturated rings. The fourth-order valence-corrected chi connectivity index (χ4v) is 2.03. The summed E-state index contributed by atoms with van der Waals surface area (Å²) < 4.78 is 4.79. The Morgan fingerprint density at radius 2 is 1.87 bits per heavy atom. The van der Waals surface area contributed by atoms with Crippen molar-refractivity contribution in [3.63, 3.8) is 0 Å². The summed E-state index contributed by atoms with van der Waals surface area (Å²) in [5.74, 6) is 0. The third-order valence-electron chi connectivity index (χ3n) is 2.34. The van der Waals surface area contributed by atoms with Crippen LogP contribution >= 0.6 is 34.8 Å². The maximum Gasteiger partial charge on any atom is 0.118 e. The van der Waals surface area contributed by atoms with Gasteiger partial charge in [0.15, 0.2) is 0 Å². The van der Waals surface area contributed by atoms with Crippen LogP contribution in [-0.2, 0) is 4.74 Å². The topological polar surface area (TPSA) is 12.5 Å². The standard InChI is InChI=1S/C11H11Cl3O/c1-11(13,14)6-9-10(15-9)7-2-4-8(12)5-3-7/h2-5,9-10H,6H2,1H3. The highest BCUT2D eigenvalue weighted by Crippen LogP contribution is 2.45. The first-order valence-corrected chi connectivity index (χ1v) is 5.88. The summed E-state index contributed by atoms with van der Waals surface area (Å²) in [6.07, 6.45) is 0.897. The molecule has 0 N–H and O–H groups in total. The van der Waals surface area contributed by atoms with Crippen LogP contribution in [-0.4, -0.2) is 10.4 Å². The highest BCUT2D eigenvalue weighted by molar-refractivity contribution is 6.48. The average molecular weight is 266 g/mol. The highest BCUT2D eigenvalue weighted by atomic mass is 35.5. The number of rotatable bonds is 3. The van der Waals surface area contributed by atoms with Crippen molar-refractivity contribution < 1.29 is 4.74 Å². The molecular formula is C11H11Cl3O. The van der Waals surface area contributed by atoms with Gasteiger partial charge in [-0.3, -0.25) is 0 Å². The first kappa shape index (κ1) is 11.5. The van der Waals surface area contributed by atoms with Crippen molar-refractivity contribution in [3.8, 4) is 0 Å². The zero-order valence-corrected chi connectivity index (χ0v) is 10.5. The normalized spacial score (nSPS) is 25.3. The van der Waals surface area contributed by atoms with Crippen LogP contribution in [0.25, 0.3) is 0 Å². The number of halogens is 3. The van der Waals surface area contributed by atoms with Crippen molar-refractivity contribution in [1.82, 2.24) is 0 Å². The van der Waals surface area contributed by atoms with E-state index in [1.54, 1.807) is 6.92 Å². The van der Waals surface area contributed by atoms with E-state index in [1.807, 2.05) is 24.3 Å². The van der Waals surface area contributed by atoms with Gasteiger partial charge in [-0.15, -0.1) is 23.2 Å². The van der Waals surface area contributed by atoms with Crippen LogP contribution in [0.15, 0.2) is 24.3 Å². The van der Waals surface area contributed by atoms with Gasteiger partial charge >= 0.3 is 0 Å². The van der Waals surface area contributed by atoms with Crippen molar-refractivity contribution in [2.24, 2.45) is 0 Å². The van der Waals surface area contributed by atoms with E-state index in [1.165, 1.54) is 0 Å². The Kier molecular flexibility index (Phi) is 3.18. The van der Waals surface area contributed by atoms with Crippen molar-refractivity contribution in [3.05, 3.63) is 34.9 Å². The lowest BCUT2D eigenvalue weighted by Crippen LogP contribution is -2.10. The molecule has 2 rings (SSSR count). The SMILES string of the molecule is CC(Cl)(Cl)CC1OC1c1ccc(Cl)cc1. The monoisotopic (exact) mass is 264 g/mol. The van der Waals surface area contributed by atoms with Gasteiger partial charge in [-0.05, 0) is 24.6 Å². The lowest BCUT2D eigenvalue weighted by atomic mass is 10.1. The Balaban J connectivity index is 1.96. The lowest BCUT2D eigenvalue weighted by molar-refractivity contribution is 0.362. The van der Waals surface area contributed by atoms with E-state index >= 15 is 0 Å². The minimum atomic E-state index is -0.716. The van der Waals surface area contributed by atoms with Gasteiger partial charge in [0, 0.05) is 11.4 Å². The van der Waals surface area contributed by atoms with E-state index in [0.29, 0.717) is 6.42 Å². The van der Waals surface area contributed by atoms with Crippen molar-refractivity contribution in [2.45, 2.75) is 29.9 Å². The third kappa shape index (κ3) is 3.25. The molecule has 15 heavy (non-hydrogen) atoms. The molecule has 1 heterocycles. The minimum Gasteiger partial charge on any atom is -0.364 e. The molecule has 82 valence electrons. The molecule has 0 spiro atoms. The van der Waals surface area contributed by atoms with E-state index < -0.39 is 4.33 Å². The van der Waals surface area contributed by atoms with Gasteiger partial charge in [-0.2, -0.15) is 0 Å². The molecule has 4 heteroatoms. The summed E-state index contributed by atoms with van der Waals surface area (Å²) in [5, 5.41) is 0.732. The number of ether oxygens (including phenoxy) is 1. The van der Waals surface area contributed by atoms with Gasteiger partial charge in [0.1, 0.15) is 10.4 Å². The molecule has 0 aromatic heterocycles. The quantitative estimate of drug-likeness (QED) is 0.584. The second-order valence-corrected chi connectivity index (χ2v) is 6.22. The van der Waals surface area contributed by atoms with E-state index in [0.717, 1.165) is 10.6 Å². The van der Waals surface area contributed by atoms with E-state index in [4.69, 9.17) is 39.5 Å². The molecule has 0 saturated carbocycles. The zero-order valence-electron chi connectivity index (χ0n) is 8.21. The summed E-state index contributed by atoms with van der Waals surface area (Å²) in [6, 6.07) is 7.64. The van der Waals surface area contributed by atoms with Crippen LogP contribution in [0.2, 0.25) is 5.02 Å². The zero-order chi connectivity index (χ0) is 11.1. The summed E-state index contributed by atoms with van der Waals surface area (Å²) in [5.41, 5.74) is 1.13. The molecule has 0 aliphatic carbocycles. The van der Waals surface area contributed by atoms with E-state index in [2.05, 4.69) is 0 Å². The minimum absolute atomic E-state index is 0.124. The van der Waals surface area contributed by atoms with Crippen LogP contribution in [0, 0.1) is 0 Å². The van der Waals surface area contributed by atoms with E-state index in [9.17, 15) is 0 Å². The maximum absolute atomic E-state index is 5.91. The second kappa shape index (κ2) is 4.14. The first-order valence-electron chi connectivity index (χ1n) is 4.74. The van der Waals surface area contributed by atoms with Gasteiger partial charge in [-0.25, -0.2) is 0 Å². The molecule has 1 aliphatic rings. The molecule has 0 amide bonds. The Bertz CT molecular complexity index is 342. The molecule has 1 nitrogen and oxygen atoms in total. The summed E-state index contributed by atoms with van der Waals surface area (Å²) in [6.45, 7) is 1.77. The molecular weight excluding hydrogens is 254 g/mol. The summed E-state index contributed by atoms with van der Waals surface area (Å²) in [4.78, 5) is 0. The van der Waals surface area contributed by atoms with Gasteiger partial charge in [0.25, 0.3) is 0 Å². The van der Waals surface area contributed by atoms with Crippen LogP contribution < -0.4 is 0 Å². The Morgan fingerprint density at radius 3 is 2.40 bits per heavy atom. The van der Waals surface area contributed by atoms with Gasteiger partial charge in [0.2, 0.25) is 0 Å². The van der Waals surface area contributed by atoms with Gasteiger partial charge < -0.3 is 4.74 Å². The Hall–Kier alpha value is 0.0500. The lowest BCUT2D eigenvalue weighted by Gasteiger charge is -2.09. The number of alkyl halides is 2. The van der Waals surface area contributed by atoms with Crippen LogP contribution in [0.5, 0.6) is 0 Å². The number of hydrogen-bond donors (Lipinski definition) is 0. The molecule has 1 aromatic carbocycles. The second-order valence-electron chi connectivity index (χ2n) is 3.92. The Morgan fingerprint density at radius 1 is 1.27 bits per heavy atom. The summed E-state index contributed by atoms with van der Waals surface area (Å²) in [7, 11) is 0. The van der Waals surface area contributed by atoms with Crippen LogP contribution in [0.4, 0.5) is 0 Å². The third-order valence-corrected chi connectivity index (χ3v) is 2.90. The molecule has 2 atom stereocenters. The number of benzene rings is 1. The number of hydrogen-bond acceptors (Lipinski definition) is 1. The molecule has 2 unspecified atom stereocenters. The van der Waals surface area contributed by atoms with E-state index in [-0.39, 0.29) is 12.2 Å². The fraction of sp³-hybridized carbons (Fsp3) is 0.455. The molecule has 1 aromatic rings. The number of epoxide rings is 1. The Labute approximate surface area is 104 Å². The highest BCUT2D eigenvalue weighted by Gasteiger charge is 2.43. The predicted octanol–water partition coefficient (Wildman–Crippen LogP) is 4.36. The van der Waals surface area contributed by atoms with Crippen LogP contribution in [0.3, 0.4) is 0 Å². The van der Waals surface area contributed by atoms with Crippen molar-refractivity contribution in [1.29, 1.82) is 0 Å². The maximum atomic E-state index is 5.91. The fourth-order valence-electron chi connectivity index (χ4n) is 1.60. The average Bonchev–Trinajstić information content (AvgIpc) is 2.82. The smallest absolute Gasteiger partial charge is 0.118 e. The molecule has 1 aliphatic heterocycles. The van der Waals surface area contributed by atoms with Gasteiger partial charge in [-0.1, -0.05) is 23.7 Å². The predicted molar refractivity (Wildman–Crippen MR) is 63.8 cm³/mol. The van der Waals surface area contributed by atoms with Gasteiger partial charge in [0.05, 0.1) is 6.10 Å².